The fourth-order valence-corrected chi connectivity index (χ4v) is 5.72. The zero-order chi connectivity index (χ0) is 41.0. The van der Waals surface area contributed by atoms with Crippen LogP contribution in [0.5, 0.6) is 5.75 Å². The molecule has 302 valence electrons. The van der Waals surface area contributed by atoms with Crippen LogP contribution in [-0.2, 0) is 56.4 Å². The van der Waals surface area contributed by atoms with E-state index in [1.54, 1.807) is 31.3 Å². The number of ether oxygens (including phenoxy) is 2. The third kappa shape index (κ3) is 16.4. The largest absolute Gasteiger partial charge is 0.524 e. The van der Waals surface area contributed by atoms with E-state index < -0.39 is 37.2 Å². The fourth-order valence-electron chi connectivity index (χ4n) is 5.33. The number of unbranched alkanes of at least 4 members (excludes halogenated alkanes) is 3. The lowest BCUT2D eigenvalue weighted by atomic mass is 9.95. The van der Waals surface area contributed by atoms with Gasteiger partial charge in [0, 0.05) is 38.3 Å². The van der Waals surface area contributed by atoms with Gasteiger partial charge in [0.05, 0.1) is 20.4 Å². The molecule has 0 unspecified atom stereocenters. The van der Waals surface area contributed by atoms with Crippen molar-refractivity contribution in [2.24, 2.45) is 0 Å². The first-order valence-corrected chi connectivity index (χ1v) is 19.3. The lowest BCUT2D eigenvalue weighted by molar-refractivity contribution is -0.148. The van der Waals surface area contributed by atoms with Crippen molar-refractivity contribution < 1.29 is 57.4 Å². The molecule has 2 amide bonds. The number of rotatable bonds is 21. The molecular weight excluding hydrogens is 737 g/mol. The zero-order valence-corrected chi connectivity index (χ0v) is 32.8. The molecule has 5 N–H and O–H groups in total. The summed E-state index contributed by atoms with van der Waals surface area (Å²) in [5.41, 5.74) is 1.07. The summed E-state index contributed by atoms with van der Waals surface area (Å²) in [6.45, 7) is 5.53. The van der Waals surface area contributed by atoms with E-state index in [9.17, 15) is 33.6 Å². The van der Waals surface area contributed by atoms with Crippen molar-refractivity contribution >= 4 is 37.5 Å². The highest BCUT2D eigenvalue weighted by molar-refractivity contribution is 7.46. The second-order valence-corrected chi connectivity index (χ2v) is 14.0. The lowest BCUT2D eigenvalue weighted by Gasteiger charge is -2.24. The highest BCUT2D eigenvalue weighted by Gasteiger charge is 2.36. The Bertz CT molecular complexity index is 1760. The quantitative estimate of drug-likeness (QED) is 0.0580. The predicted molar refractivity (Wildman–Crippen MR) is 201 cm³/mol. The van der Waals surface area contributed by atoms with Crippen molar-refractivity contribution in [1.29, 1.82) is 0 Å². The van der Waals surface area contributed by atoms with Crippen molar-refractivity contribution in [3.05, 3.63) is 65.9 Å². The first-order valence-electron chi connectivity index (χ1n) is 17.8. The maximum Gasteiger partial charge on any atom is 0.524 e. The van der Waals surface area contributed by atoms with Gasteiger partial charge in [0.1, 0.15) is 17.5 Å². The van der Waals surface area contributed by atoms with Crippen LogP contribution in [0, 0.1) is 0 Å². The molecule has 1 heterocycles. The van der Waals surface area contributed by atoms with Crippen LogP contribution in [0.1, 0.15) is 83.3 Å². The van der Waals surface area contributed by atoms with E-state index in [1.165, 1.54) is 50.1 Å². The van der Waals surface area contributed by atoms with Gasteiger partial charge in [-0.2, -0.15) is 0 Å². The molecule has 18 heteroatoms. The fraction of sp³-hybridized carbons (Fsp3) is 0.486. The molecule has 3 rings (SSSR count). The van der Waals surface area contributed by atoms with E-state index >= 15 is 0 Å². The van der Waals surface area contributed by atoms with Crippen LogP contribution in [0.4, 0.5) is 0 Å². The molecule has 55 heavy (non-hydrogen) atoms. The van der Waals surface area contributed by atoms with E-state index in [4.69, 9.17) is 14.5 Å². The van der Waals surface area contributed by atoms with Gasteiger partial charge in [0.25, 0.3) is 0 Å². The van der Waals surface area contributed by atoms with Gasteiger partial charge in [0.15, 0.2) is 5.54 Å². The van der Waals surface area contributed by atoms with Gasteiger partial charge in [-0.1, -0.05) is 61.4 Å². The number of carboxylic acids is 1. The zero-order valence-electron chi connectivity index (χ0n) is 31.9. The number of nitrogens with zero attached hydrogens (tertiary/aromatic N) is 3. The van der Waals surface area contributed by atoms with Gasteiger partial charge in [0.2, 0.25) is 11.8 Å². The number of esters is 2. The molecule has 0 bridgehead atoms. The van der Waals surface area contributed by atoms with Gasteiger partial charge in [-0.3, -0.25) is 24.2 Å². The number of carboxylic acid groups (broad SMARTS) is 1. The molecule has 0 saturated carbocycles. The molecule has 0 aliphatic rings. The van der Waals surface area contributed by atoms with Crippen molar-refractivity contribution in [1.82, 2.24) is 25.6 Å². The molecule has 0 spiro atoms. The van der Waals surface area contributed by atoms with Crippen LogP contribution in [0.15, 0.2) is 54.7 Å². The average molecular weight is 790 g/mol. The monoisotopic (exact) mass is 789 g/mol. The number of amides is 2. The number of aliphatic carboxylic acids is 1. The number of hydrogen-bond donors (Lipinski definition) is 5. The molecule has 2 aromatic carbocycles. The predicted octanol–water partition coefficient (Wildman–Crippen LogP) is 4.10. The molecule has 1 aromatic heterocycles. The number of aromatic nitrogens is 3. The SMILES string of the molecule is CCCCCC(=O)OC.COC(=O)[C@@H](Cc1ccc(OP(=O)(O)O)cc1)NC(=O)CCc1ccccc1-c1cn([C@@](C)(CCCCNC(C)=O)C(=O)O)nn1. The van der Waals surface area contributed by atoms with Gasteiger partial charge >= 0.3 is 25.7 Å². The summed E-state index contributed by atoms with van der Waals surface area (Å²) in [6, 6.07) is 11.9. The summed E-state index contributed by atoms with van der Waals surface area (Å²) in [5, 5.41) is 23.7. The van der Waals surface area contributed by atoms with Crippen LogP contribution in [0.25, 0.3) is 11.3 Å². The second-order valence-electron chi connectivity index (χ2n) is 12.8. The Balaban J connectivity index is 0.00000103. The normalized spacial score (nSPS) is 12.6. The number of phosphoric ester groups is 1. The van der Waals surface area contributed by atoms with Crippen molar-refractivity contribution in [3.8, 4) is 17.0 Å². The van der Waals surface area contributed by atoms with Gasteiger partial charge in [-0.25, -0.2) is 18.8 Å². The van der Waals surface area contributed by atoms with E-state index in [-0.39, 0.29) is 43.3 Å². The summed E-state index contributed by atoms with van der Waals surface area (Å²) in [4.78, 5) is 77.1. The number of aryl methyl sites for hydroxylation is 1. The minimum atomic E-state index is -4.72. The third-order valence-corrected chi connectivity index (χ3v) is 8.91. The Morgan fingerprint density at radius 2 is 1.64 bits per heavy atom. The third-order valence-electron chi connectivity index (χ3n) is 8.46. The van der Waals surface area contributed by atoms with E-state index in [0.717, 1.165) is 24.8 Å². The highest BCUT2D eigenvalue weighted by Crippen LogP contribution is 2.37. The Morgan fingerprint density at radius 1 is 0.945 bits per heavy atom. The number of carbonyl (C=O) groups excluding carboxylic acids is 4. The summed E-state index contributed by atoms with van der Waals surface area (Å²) in [5.74, 6) is -2.46. The molecule has 3 aromatic rings. The molecule has 0 fully saturated rings. The maximum absolute atomic E-state index is 12.9. The van der Waals surface area contributed by atoms with Gasteiger partial charge in [-0.15, -0.1) is 5.10 Å². The topological polar surface area (TPSA) is 246 Å². The number of carbonyl (C=O) groups is 5. The highest BCUT2D eigenvalue weighted by atomic mass is 31.2. The molecule has 0 radical (unpaired) electrons. The Morgan fingerprint density at radius 3 is 2.24 bits per heavy atom. The van der Waals surface area contributed by atoms with E-state index in [2.05, 4.69) is 37.1 Å². The minimum absolute atomic E-state index is 0.00878. The first kappa shape index (κ1) is 46.0. The standard InChI is InChI=1S/C30H38N5O10P.C7H14O2/c1-20(36)31-17-7-6-16-30(2,29(39)40)35-19-26(33-34-35)24-9-5-4-8-22(24)12-15-27(37)32-25(28(38)44-3)18-21-10-13-23(14-11-21)45-46(41,42)43;1-3-4-5-6-7(8)9-2/h4-5,8-11,13-14,19,25H,6-7,12,15-18H2,1-3H3,(H,31,36)(H,32,37)(H,39,40)(H2,41,42,43);3-6H2,1-2H3/t25-,30+;/m1./s1. The Labute approximate surface area is 320 Å². The van der Waals surface area contributed by atoms with Crippen LogP contribution in [0.2, 0.25) is 0 Å². The molecule has 0 saturated heterocycles. The van der Waals surface area contributed by atoms with E-state index in [1.807, 2.05) is 6.07 Å². The van der Waals surface area contributed by atoms with Gasteiger partial charge < -0.3 is 29.7 Å². The minimum Gasteiger partial charge on any atom is -0.479 e. The van der Waals surface area contributed by atoms with Crippen LogP contribution >= 0.6 is 7.82 Å². The maximum atomic E-state index is 12.9. The Kier molecular flexibility index (Phi) is 19.2. The number of benzene rings is 2. The van der Waals surface area contributed by atoms with Crippen LogP contribution < -0.4 is 15.2 Å². The number of hydrogen-bond acceptors (Lipinski definition) is 11. The summed E-state index contributed by atoms with van der Waals surface area (Å²) < 4.78 is 26.2. The van der Waals surface area contributed by atoms with Crippen LogP contribution in [0.3, 0.4) is 0 Å². The Hall–Kier alpha value is -5.12. The van der Waals surface area contributed by atoms with Crippen molar-refractivity contribution in [3.63, 3.8) is 0 Å². The smallest absolute Gasteiger partial charge is 0.479 e. The average Bonchev–Trinajstić information content (AvgIpc) is 3.64. The summed E-state index contributed by atoms with van der Waals surface area (Å²) in [6.07, 6.45) is 7.11. The molecule has 0 aliphatic heterocycles. The van der Waals surface area contributed by atoms with Crippen LogP contribution in [-0.4, -0.2) is 86.4 Å². The second kappa shape index (κ2) is 22.9. The van der Waals surface area contributed by atoms with Crippen molar-refractivity contribution in [2.75, 3.05) is 20.8 Å². The van der Waals surface area contributed by atoms with Gasteiger partial charge in [-0.05, 0) is 62.3 Å². The molecule has 0 aliphatic carbocycles. The molecule has 17 nitrogen and oxygen atoms in total. The van der Waals surface area contributed by atoms with Crippen molar-refractivity contribution in [2.45, 2.75) is 96.6 Å². The molecule has 2 atom stereocenters. The first-order chi connectivity index (χ1) is 26.0. The van der Waals surface area contributed by atoms with E-state index in [0.29, 0.717) is 42.6 Å². The number of phosphoric acid groups is 1. The lowest BCUT2D eigenvalue weighted by Crippen LogP contribution is -2.43. The number of nitrogens with one attached hydrogen (secondary N) is 2. The molecular formula is C37H52N5O12P. The number of methoxy groups -OCH3 is 2. The summed E-state index contributed by atoms with van der Waals surface area (Å²) >= 11 is 0. The summed E-state index contributed by atoms with van der Waals surface area (Å²) in [7, 11) is -2.10.